The van der Waals surface area contributed by atoms with Gasteiger partial charge in [0.1, 0.15) is 0 Å². The number of carbonyl (C=O) groups excluding carboxylic acids is 2. The lowest BCUT2D eigenvalue weighted by atomic mass is 10.0. The zero-order valence-corrected chi connectivity index (χ0v) is 17.2. The van der Waals surface area contributed by atoms with Crippen LogP contribution in [0.3, 0.4) is 0 Å². The lowest BCUT2D eigenvalue weighted by molar-refractivity contribution is -0.121. The number of urea groups is 1. The molecule has 0 spiro atoms. The van der Waals surface area contributed by atoms with E-state index in [0.717, 1.165) is 25.1 Å². The van der Waals surface area contributed by atoms with E-state index in [9.17, 15) is 9.59 Å². The molecule has 0 aliphatic carbocycles. The minimum absolute atomic E-state index is 0. The van der Waals surface area contributed by atoms with Gasteiger partial charge < -0.3 is 20.9 Å². The summed E-state index contributed by atoms with van der Waals surface area (Å²) in [4.78, 5) is 26.2. The minimum Gasteiger partial charge on any atom is -0.352 e. The Morgan fingerprint density at radius 2 is 1.76 bits per heavy atom. The topological polar surface area (TPSA) is 73.5 Å². The van der Waals surface area contributed by atoms with Crippen molar-refractivity contribution in [2.75, 3.05) is 13.1 Å². The number of nitrogens with one attached hydrogen (secondary N) is 3. The van der Waals surface area contributed by atoms with Crippen LogP contribution in [0, 0.1) is 0 Å². The molecule has 0 radical (unpaired) electrons. The van der Waals surface area contributed by atoms with E-state index in [1.165, 1.54) is 22.3 Å². The van der Waals surface area contributed by atoms with Gasteiger partial charge in [-0.05, 0) is 34.2 Å². The highest BCUT2D eigenvalue weighted by Crippen LogP contribution is 2.18. The number of halogens is 1. The Labute approximate surface area is 177 Å². The fourth-order valence-corrected chi connectivity index (χ4v) is 3.81. The monoisotopic (exact) mass is 414 g/mol. The van der Waals surface area contributed by atoms with E-state index in [-0.39, 0.29) is 30.8 Å². The molecule has 0 atom stereocenters. The van der Waals surface area contributed by atoms with Gasteiger partial charge in [-0.15, -0.1) is 12.4 Å². The maximum absolute atomic E-state index is 12.4. The van der Waals surface area contributed by atoms with Gasteiger partial charge >= 0.3 is 6.03 Å². The average Bonchev–Trinajstić information content (AvgIpc) is 3.19. The second kappa shape index (κ2) is 9.76. The number of fused-ring (bicyclic) bond motifs is 2. The third kappa shape index (κ3) is 5.28. The summed E-state index contributed by atoms with van der Waals surface area (Å²) in [7, 11) is 0. The number of carbonyl (C=O) groups is 2. The zero-order valence-electron chi connectivity index (χ0n) is 16.4. The standard InChI is InChI=1S/C22H26N4O2.ClH/c27-21(25-12-16-5-6-18-13-23-14-20(18)11-16)7-9-24-22(28)26-10-8-17-3-1-2-4-19(17)15-26;/h1-6,11,23H,7-10,12-15H2,(H,24,28)(H,25,27);1H. The molecule has 0 saturated carbocycles. The van der Waals surface area contributed by atoms with Gasteiger partial charge in [0.2, 0.25) is 5.91 Å². The first-order valence-electron chi connectivity index (χ1n) is 9.87. The minimum atomic E-state index is -0.103. The van der Waals surface area contributed by atoms with Crippen molar-refractivity contribution < 1.29 is 9.59 Å². The Morgan fingerprint density at radius 1 is 0.966 bits per heavy atom. The Morgan fingerprint density at radius 3 is 2.62 bits per heavy atom. The van der Waals surface area contributed by atoms with Crippen LogP contribution in [0.2, 0.25) is 0 Å². The molecule has 29 heavy (non-hydrogen) atoms. The summed E-state index contributed by atoms with van der Waals surface area (Å²) in [5.74, 6) is -0.0529. The van der Waals surface area contributed by atoms with E-state index in [0.29, 0.717) is 26.2 Å². The maximum Gasteiger partial charge on any atom is 0.317 e. The van der Waals surface area contributed by atoms with Crippen LogP contribution in [0.1, 0.15) is 34.2 Å². The highest BCUT2D eigenvalue weighted by molar-refractivity contribution is 5.85. The van der Waals surface area contributed by atoms with Gasteiger partial charge in [-0.1, -0.05) is 42.5 Å². The van der Waals surface area contributed by atoms with Crippen LogP contribution in [0.15, 0.2) is 42.5 Å². The van der Waals surface area contributed by atoms with Crippen molar-refractivity contribution in [2.45, 2.75) is 39.0 Å². The van der Waals surface area contributed by atoms with Crippen LogP contribution in [0.25, 0.3) is 0 Å². The Kier molecular flexibility index (Phi) is 7.12. The smallest absolute Gasteiger partial charge is 0.317 e. The van der Waals surface area contributed by atoms with Gasteiger partial charge in [-0.2, -0.15) is 0 Å². The number of hydrogen-bond donors (Lipinski definition) is 3. The lowest BCUT2D eigenvalue weighted by Gasteiger charge is -2.28. The fraction of sp³-hybridized carbons (Fsp3) is 0.364. The normalized spacial score (nSPS) is 14.4. The van der Waals surface area contributed by atoms with Crippen molar-refractivity contribution in [3.63, 3.8) is 0 Å². The fourth-order valence-electron chi connectivity index (χ4n) is 3.81. The zero-order chi connectivity index (χ0) is 19.3. The van der Waals surface area contributed by atoms with Crippen LogP contribution in [0.5, 0.6) is 0 Å². The molecule has 2 heterocycles. The van der Waals surface area contributed by atoms with Crippen LogP contribution in [0.4, 0.5) is 4.79 Å². The lowest BCUT2D eigenvalue weighted by Crippen LogP contribution is -2.43. The van der Waals surface area contributed by atoms with Crippen molar-refractivity contribution in [1.29, 1.82) is 0 Å². The molecule has 2 aromatic rings. The largest absolute Gasteiger partial charge is 0.352 e. The molecule has 7 heteroatoms. The SMILES string of the molecule is Cl.O=C(CCNC(=O)N1CCc2ccccc2C1)NCc1ccc2c(c1)CNC2. The molecule has 0 unspecified atom stereocenters. The molecule has 0 bridgehead atoms. The summed E-state index contributed by atoms with van der Waals surface area (Å²) >= 11 is 0. The molecule has 0 fully saturated rings. The first kappa shape index (κ1) is 21.1. The molecule has 2 aliphatic rings. The second-order valence-corrected chi connectivity index (χ2v) is 7.41. The summed E-state index contributed by atoms with van der Waals surface area (Å²) in [6.45, 7) is 4.01. The molecule has 154 valence electrons. The molecule has 3 N–H and O–H groups in total. The van der Waals surface area contributed by atoms with Crippen molar-refractivity contribution >= 4 is 24.3 Å². The van der Waals surface area contributed by atoms with Crippen LogP contribution < -0.4 is 16.0 Å². The molecular formula is C22H27ClN4O2. The summed E-state index contributed by atoms with van der Waals surface area (Å²) in [5, 5.41) is 9.12. The summed E-state index contributed by atoms with van der Waals surface area (Å²) < 4.78 is 0. The molecule has 3 amide bonds. The van der Waals surface area contributed by atoms with Gasteiger partial charge in [-0.25, -0.2) is 4.79 Å². The first-order valence-corrected chi connectivity index (χ1v) is 9.87. The predicted octanol–water partition coefficient (Wildman–Crippen LogP) is 2.49. The maximum atomic E-state index is 12.4. The molecule has 0 aromatic heterocycles. The van der Waals surface area contributed by atoms with E-state index in [1.807, 2.05) is 12.1 Å². The second-order valence-electron chi connectivity index (χ2n) is 7.41. The quantitative estimate of drug-likeness (QED) is 0.703. The van der Waals surface area contributed by atoms with E-state index in [2.05, 4.69) is 46.3 Å². The van der Waals surface area contributed by atoms with Crippen LogP contribution >= 0.6 is 12.4 Å². The highest BCUT2D eigenvalue weighted by Gasteiger charge is 2.20. The number of nitrogens with zero attached hydrogens (tertiary/aromatic N) is 1. The Bertz CT molecular complexity index is 887. The number of hydrogen-bond acceptors (Lipinski definition) is 3. The molecule has 2 aliphatic heterocycles. The van der Waals surface area contributed by atoms with E-state index in [4.69, 9.17) is 0 Å². The van der Waals surface area contributed by atoms with E-state index in [1.54, 1.807) is 4.90 Å². The van der Waals surface area contributed by atoms with E-state index < -0.39 is 0 Å². The van der Waals surface area contributed by atoms with Crippen LogP contribution in [-0.2, 0) is 37.4 Å². The third-order valence-corrected chi connectivity index (χ3v) is 5.44. The molecule has 6 nitrogen and oxygen atoms in total. The third-order valence-electron chi connectivity index (χ3n) is 5.44. The Balaban J connectivity index is 0.00000240. The molecule has 0 saturated heterocycles. The van der Waals surface area contributed by atoms with Gasteiger partial charge in [-0.3, -0.25) is 4.79 Å². The van der Waals surface area contributed by atoms with Crippen molar-refractivity contribution in [3.8, 4) is 0 Å². The first-order chi connectivity index (χ1) is 13.7. The average molecular weight is 415 g/mol. The summed E-state index contributed by atoms with van der Waals surface area (Å²) in [6.07, 6.45) is 1.16. The van der Waals surface area contributed by atoms with E-state index >= 15 is 0 Å². The molecule has 4 rings (SSSR count). The van der Waals surface area contributed by atoms with Crippen molar-refractivity contribution in [1.82, 2.24) is 20.9 Å². The highest BCUT2D eigenvalue weighted by atomic mass is 35.5. The van der Waals surface area contributed by atoms with Gasteiger partial charge in [0.15, 0.2) is 0 Å². The summed E-state index contributed by atoms with van der Waals surface area (Å²) in [6, 6.07) is 14.4. The van der Waals surface area contributed by atoms with Crippen molar-refractivity contribution in [2.24, 2.45) is 0 Å². The predicted molar refractivity (Wildman–Crippen MR) is 115 cm³/mol. The molecule has 2 aromatic carbocycles. The van der Waals surface area contributed by atoms with Crippen LogP contribution in [-0.4, -0.2) is 29.9 Å². The van der Waals surface area contributed by atoms with Gasteiger partial charge in [0.25, 0.3) is 0 Å². The number of benzene rings is 2. The number of rotatable bonds is 5. The van der Waals surface area contributed by atoms with Gasteiger partial charge in [0, 0.05) is 45.7 Å². The summed E-state index contributed by atoms with van der Waals surface area (Å²) in [5.41, 5.74) is 6.26. The van der Waals surface area contributed by atoms with Gasteiger partial charge in [0.05, 0.1) is 0 Å². The van der Waals surface area contributed by atoms with Crippen molar-refractivity contribution in [3.05, 3.63) is 70.3 Å². The molecular weight excluding hydrogens is 388 g/mol. The Hall–Kier alpha value is -2.57. The number of amides is 3.